The minimum absolute atomic E-state index is 0.108. The van der Waals surface area contributed by atoms with Gasteiger partial charge in [-0.2, -0.15) is 0 Å². The molecule has 2 rings (SSSR count). The molecule has 13 nitrogen and oxygen atoms in total. The lowest BCUT2D eigenvalue weighted by atomic mass is 10.1. The number of nitrogens with zero attached hydrogens (tertiary/aromatic N) is 2. The van der Waals surface area contributed by atoms with Crippen LogP contribution in [-0.2, 0) is 20.8 Å². The molecule has 0 radical (unpaired) electrons. The molecule has 39 heavy (non-hydrogen) atoms. The van der Waals surface area contributed by atoms with E-state index >= 15 is 0 Å². The molecule has 2 aromatic rings. The number of benzene rings is 2. The SMILES string of the molecule is CN(CCNC(=O)C(CCCCNC(=O)C(N)Cc1ccccc1)NC=O)C(=O)Oc1ccc([N+](=O)[O-])cc1. The number of hydrogen-bond acceptors (Lipinski definition) is 8. The monoisotopic (exact) mass is 542 g/mol. The van der Waals surface area contributed by atoms with Crippen molar-refractivity contribution in [2.75, 3.05) is 26.7 Å². The highest BCUT2D eigenvalue weighted by Crippen LogP contribution is 2.17. The van der Waals surface area contributed by atoms with Crippen molar-refractivity contribution in [3.05, 3.63) is 70.3 Å². The second-order valence-electron chi connectivity index (χ2n) is 8.75. The fraction of sp³-hybridized carbons (Fsp3) is 0.385. The van der Waals surface area contributed by atoms with Crippen LogP contribution in [0.2, 0.25) is 0 Å². The molecular weight excluding hydrogens is 508 g/mol. The number of rotatable bonds is 16. The zero-order valence-electron chi connectivity index (χ0n) is 21.7. The highest BCUT2D eigenvalue weighted by molar-refractivity contribution is 5.83. The van der Waals surface area contributed by atoms with E-state index in [1.807, 2.05) is 30.3 Å². The topological polar surface area (TPSA) is 186 Å². The summed E-state index contributed by atoms with van der Waals surface area (Å²) < 4.78 is 5.15. The van der Waals surface area contributed by atoms with Crippen molar-refractivity contribution in [3.63, 3.8) is 0 Å². The van der Waals surface area contributed by atoms with Crippen LogP contribution in [0.1, 0.15) is 24.8 Å². The standard InChI is InChI=1S/C26H34N6O7/c1-31(26(36)39-21-12-10-20(11-13-21)32(37)38)16-15-29-25(35)23(30-18-33)9-5-6-14-28-24(34)22(27)17-19-7-3-2-4-8-19/h2-4,7-8,10-13,18,22-23H,5-6,9,14-17,27H2,1H3,(H,28,34)(H,29,35)(H,30,33). The predicted molar refractivity (Wildman–Crippen MR) is 143 cm³/mol. The number of nitro groups is 1. The Labute approximate surface area is 226 Å². The van der Waals surface area contributed by atoms with Gasteiger partial charge in [0.2, 0.25) is 18.2 Å². The fourth-order valence-corrected chi connectivity index (χ4v) is 3.53. The summed E-state index contributed by atoms with van der Waals surface area (Å²) in [5.41, 5.74) is 6.81. The summed E-state index contributed by atoms with van der Waals surface area (Å²) in [6.07, 6.45) is 1.69. The van der Waals surface area contributed by atoms with Crippen molar-refractivity contribution in [3.8, 4) is 5.75 Å². The quantitative estimate of drug-likeness (QED) is 0.105. The zero-order valence-corrected chi connectivity index (χ0v) is 21.7. The highest BCUT2D eigenvalue weighted by Gasteiger charge is 2.19. The number of ether oxygens (including phenoxy) is 1. The summed E-state index contributed by atoms with van der Waals surface area (Å²) in [5, 5.41) is 18.6. The summed E-state index contributed by atoms with van der Waals surface area (Å²) in [4.78, 5) is 59.2. The minimum Gasteiger partial charge on any atom is -0.410 e. The van der Waals surface area contributed by atoms with Crippen LogP contribution in [0.3, 0.4) is 0 Å². The molecule has 0 aliphatic heterocycles. The van der Waals surface area contributed by atoms with E-state index in [0.29, 0.717) is 38.6 Å². The van der Waals surface area contributed by atoms with Crippen LogP contribution in [-0.4, -0.2) is 72.9 Å². The van der Waals surface area contributed by atoms with Crippen LogP contribution >= 0.6 is 0 Å². The lowest BCUT2D eigenvalue weighted by Gasteiger charge is -2.19. The number of nitro benzene ring substituents is 1. The summed E-state index contributed by atoms with van der Waals surface area (Å²) >= 11 is 0. The predicted octanol–water partition coefficient (Wildman–Crippen LogP) is 1.11. The second-order valence-corrected chi connectivity index (χ2v) is 8.75. The van der Waals surface area contributed by atoms with Crippen molar-refractivity contribution in [2.24, 2.45) is 5.73 Å². The van der Waals surface area contributed by atoms with Crippen LogP contribution in [0.4, 0.5) is 10.5 Å². The maximum atomic E-state index is 12.5. The van der Waals surface area contributed by atoms with Gasteiger partial charge in [0, 0.05) is 38.8 Å². The number of hydrogen-bond donors (Lipinski definition) is 4. The largest absolute Gasteiger partial charge is 0.415 e. The van der Waals surface area contributed by atoms with Gasteiger partial charge >= 0.3 is 6.09 Å². The Morgan fingerprint density at radius 3 is 2.33 bits per heavy atom. The number of carbonyl (C=O) groups excluding carboxylic acids is 4. The number of unbranched alkanes of at least 4 members (excludes halogenated alkanes) is 1. The molecule has 210 valence electrons. The van der Waals surface area contributed by atoms with Crippen molar-refractivity contribution < 1.29 is 28.8 Å². The Balaban J connectivity index is 1.66. The molecule has 0 fully saturated rings. The summed E-state index contributed by atoms with van der Waals surface area (Å²) in [7, 11) is 1.47. The van der Waals surface area contributed by atoms with E-state index in [2.05, 4.69) is 16.0 Å². The number of amides is 4. The Hall–Kier alpha value is -4.52. The second kappa shape index (κ2) is 16.3. The average molecular weight is 543 g/mol. The van der Waals surface area contributed by atoms with E-state index in [-0.39, 0.29) is 30.4 Å². The van der Waals surface area contributed by atoms with E-state index in [1.165, 1.54) is 36.2 Å². The highest BCUT2D eigenvalue weighted by atomic mass is 16.6. The van der Waals surface area contributed by atoms with Gasteiger partial charge in [0.1, 0.15) is 11.8 Å². The van der Waals surface area contributed by atoms with Crippen LogP contribution in [0.5, 0.6) is 5.75 Å². The molecule has 0 aromatic heterocycles. The van der Waals surface area contributed by atoms with Gasteiger partial charge in [-0.3, -0.25) is 24.5 Å². The average Bonchev–Trinajstić information content (AvgIpc) is 2.92. The van der Waals surface area contributed by atoms with Gasteiger partial charge in [0.25, 0.3) is 5.69 Å². The molecule has 2 atom stereocenters. The van der Waals surface area contributed by atoms with E-state index in [9.17, 15) is 29.3 Å². The first kappa shape index (κ1) is 30.7. The molecule has 0 aliphatic rings. The van der Waals surface area contributed by atoms with Crippen LogP contribution < -0.4 is 26.4 Å². The molecule has 0 saturated heterocycles. The molecule has 2 unspecified atom stereocenters. The van der Waals surface area contributed by atoms with E-state index in [0.717, 1.165) is 5.56 Å². The minimum atomic E-state index is -0.768. The fourth-order valence-electron chi connectivity index (χ4n) is 3.53. The maximum absolute atomic E-state index is 12.5. The molecule has 0 aliphatic carbocycles. The lowest BCUT2D eigenvalue weighted by molar-refractivity contribution is -0.384. The van der Waals surface area contributed by atoms with Crippen molar-refractivity contribution in [1.29, 1.82) is 0 Å². The number of nitrogens with one attached hydrogen (secondary N) is 3. The molecule has 0 bridgehead atoms. The summed E-state index contributed by atoms with van der Waals surface area (Å²) in [5.74, 6) is -0.519. The third-order valence-corrected chi connectivity index (χ3v) is 5.75. The molecule has 0 heterocycles. The van der Waals surface area contributed by atoms with Gasteiger partial charge in [0.15, 0.2) is 0 Å². The van der Waals surface area contributed by atoms with E-state index in [4.69, 9.17) is 10.5 Å². The third-order valence-electron chi connectivity index (χ3n) is 5.75. The molecule has 13 heteroatoms. The number of likely N-dealkylation sites (N-methyl/N-ethyl adjacent to an activating group) is 1. The van der Waals surface area contributed by atoms with Gasteiger partial charge in [-0.25, -0.2) is 4.79 Å². The Morgan fingerprint density at radius 1 is 1.03 bits per heavy atom. The lowest BCUT2D eigenvalue weighted by Crippen LogP contribution is -2.46. The van der Waals surface area contributed by atoms with Gasteiger partial charge < -0.3 is 31.3 Å². The first-order chi connectivity index (χ1) is 18.7. The molecule has 0 saturated carbocycles. The number of nitrogens with two attached hydrogens (primary N) is 1. The van der Waals surface area contributed by atoms with E-state index < -0.39 is 29.0 Å². The van der Waals surface area contributed by atoms with Gasteiger partial charge in [0.05, 0.1) is 11.0 Å². The number of non-ortho nitro benzene ring substituents is 1. The summed E-state index contributed by atoms with van der Waals surface area (Å²) in [6, 6.07) is 13.1. The zero-order chi connectivity index (χ0) is 28.6. The molecular formula is C26H34N6O7. The third kappa shape index (κ3) is 11.2. The molecule has 2 aromatic carbocycles. The molecule has 4 amide bonds. The van der Waals surface area contributed by atoms with Crippen LogP contribution in [0.15, 0.2) is 54.6 Å². The van der Waals surface area contributed by atoms with E-state index in [1.54, 1.807) is 0 Å². The van der Waals surface area contributed by atoms with Gasteiger partial charge in [-0.15, -0.1) is 0 Å². The van der Waals surface area contributed by atoms with Gasteiger partial charge in [-0.1, -0.05) is 30.3 Å². The Bertz CT molecular complexity index is 1100. The van der Waals surface area contributed by atoms with Crippen LogP contribution in [0, 0.1) is 10.1 Å². The first-order valence-electron chi connectivity index (χ1n) is 12.4. The van der Waals surface area contributed by atoms with Crippen molar-refractivity contribution in [1.82, 2.24) is 20.9 Å². The Kier molecular flexibility index (Phi) is 12.9. The van der Waals surface area contributed by atoms with Gasteiger partial charge in [-0.05, 0) is 43.4 Å². The van der Waals surface area contributed by atoms with Crippen LogP contribution in [0.25, 0.3) is 0 Å². The number of carbonyl (C=O) groups is 4. The molecule has 0 spiro atoms. The smallest absolute Gasteiger partial charge is 0.410 e. The normalized spacial score (nSPS) is 11.9. The van der Waals surface area contributed by atoms with Crippen molar-refractivity contribution >= 4 is 30.0 Å². The maximum Gasteiger partial charge on any atom is 0.415 e. The first-order valence-corrected chi connectivity index (χ1v) is 12.4. The van der Waals surface area contributed by atoms with Crippen molar-refractivity contribution in [2.45, 2.75) is 37.8 Å². The Morgan fingerprint density at radius 2 is 1.69 bits per heavy atom. The molecule has 5 N–H and O–H groups in total. The summed E-state index contributed by atoms with van der Waals surface area (Å²) in [6.45, 7) is 0.621.